The zero-order chi connectivity index (χ0) is 20.1. The Morgan fingerprint density at radius 3 is 2.43 bits per heavy atom. The van der Waals surface area contributed by atoms with Gasteiger partial charge in [0.05, 0.1) is 11.5 Å². The normalized spacial score (nSPS) is 16.1. The average molecular weight is 403 g/mol. The number of hydroxylamine groups is 1. The second-order valence-corrected chi connectivity index (χ2v) is 9.09. The fourth-order valence-electron chi connectivity index (χ4n) is 3.43. The number of hydrogen-bond donors (Lipinski definition) is 1. The van der Waals surface area contributed by atoms with Gasteiger partial charge in [0, 0.05) is 19.0 Å². The number of rotatable bonds is 6. The van der Waals surface area contributed by atoms with E-state index in [2.05, 4.69) is 5.48 Å². The molecule has 0 saturated carbocycles. The van der Waals surface area contributed by atoms with Crippen molar-refractivity contribution in [2.45, 2.75) is 38.2 Å². The third-order valence-corrected chi connectivity index (χ3v) is 7.09. The van der Waals surface area contributed by atoms with E-state index in [-0.39, 0.29) is 11.8 Å². The number of amides is 1. The van der Waals surface area contributed by atoms with Crippen molar-refractivity contribution in [2.75, 3.05) is 13.1 Å². The van der Waals surface area contributed by atoms with Crippen molar-refractivity contribution in [2.24, 2.45) is 5.92 Å². The van der Waals surface area contributed by atoms with E-state index in [1.165, 1.54) is 4.31 Å². The molecule has 1 amide bonds. The Morgan fingerprint density at radius 1 is 1.11 bits per heavy atom. The Hall–Kier alpha value is -2.22. The van der Waals surface area contributed by atoms with Gasteiger partial charge in [-0.25, -0.2) is 13.9 Å². The smallest absolute Gasteiger partial charge is 0.246 e. The van der Waals surface area contributed by atoms with Crippen LogP contribution in [0.2, 0.25) is 0 Å². The predicted octanol–water partition coefficient (Wildman–Crippen LogP) is 2.95. The molecule has 3 rings (SSSR count). The van der Waals surface area contributed by atoms with Crippen molar-refractivity contribution in [1.82, 2.24) is 9.79 Å². The van der Waals surface area contributed by atoms with E-state index >= 15 is 0 Å². The molecular weight excluding hydrogens is 376 g/mol. The predicted molar refractivity (Wildman–Crippen MR) is 107 cm³/mol. The van der Waals surface area contributed by atoms with Crippen molar-refractivity contribution < 1.29 is 18.0 Å². The lowest BCUT2D eigenvalue weighted by atomic mass is 9.98. The summed E-state index contributed by atoms with van der Waals surface area (Å²) in [7, 11) is -3.54. The first-order valence-corrected chi connectivity index (χ1v) is 10.8. The van der Waals surface area contributed by atoms with Gasteiger partial charge in [-0.3, -0.25) is 9.63 Å². The van der Waals surface area contributed by atoms with Crippen LogP contribution in [0.3, 0.4) is 0 Å². The SMILES string of the molecule is Cc1ccc(S(=O)(=O)N2CCC(C(=O)NOCc3ccccc3)CC2)c(C)c1. The molecule has 1 heterocycles. The van der Waals surface area contributed by atoms with Crippen LogP contribution >= 0.6 is 0 Å². The summed E-state index contributed by atoms with van der Waals surface area (Å²) in [5, 5.41) is 0. The standard InChI is InChI=1S/C21H26N2O4S/c1-16-8-9-20(17(2)14-16)28(25,26)23-12-10-19(11-13-23)21(24)22-27-15-18-6-4-3-5-7-18/h3-9,14,19H,10-13,15H2,1-2H3,(H,22,24). The monoisotopic (exact) mass is 402 g/mol. The summed E-state index contributed by atoms with van der Waals surface area (Å²) >= 11 is 0. The van der Waals surface area contributed by atoms with Crippen LogP contribution in [-0.4, -0.2) is 31.7 Å². The summed E-state index contributed by atoms with van der Waals surface area (Å²) in [6, 6.07) is 14.9. The van der Waals surface area contributed by atoms with E-state index < -0.39 is 10.0 Å². The lowest BCUT2D eigenvalue weighted by Gasteiger charge is -2.30. The van der Waals surface area contributed by atoms with Crippen LogP contribution in [0.25, 0.3) is 0 Å². The molecule has 0 spiro atoms. The molecule has 7 heteroatoms. The molecule has 150 valence electrons. The molecule has 0 unspecified atom stereocenters. The number of aryl methyl sites for hydroxylation is 2. The Labute approximate surface area is 166 Å². The molecule has 0 radical (unpaired) electrons. The molecule has 0 aromatic heterocycles. The molecule has 1 saturated heterocycles. The number of carbonyl (C=O) groups excluding carboxylic acids is 1. The molecule has 2 aromatic carbocycles. The average Bonchev–Trinajstić information content (AvgIpc) is 2.68. The van der Waals surface area contributed by atoms with E-state index in [0.717, 1.165) is 16.7 Å². The minimum atomic E-state index is -3.54. The molecule has 0 aliphatic carbocycles. The number of nitrogens with one attached hydrogen (secondary N) is 1. The minimum Gasteiger partial charge on any atom is -0.272 e. The van der Waals surface area contributed by atoms with E-state index in [9.17, 15) is 13.2 Å². The van der Waals surface area contributed by atoms with E-state index in [4.69, 9.17) is 4.84 Å². The first kappa shape index (κ1) is 20.5. The van der Waals surface area contributed by atoms with E-state index in [0.29, 0.717) is 37.4 Å². The molecular formula is C21H26N2O4S. The lowest BCUT2D eigenvalue weighted by Crippen LogP contribution is -2.43. The molecule has 0 atom stereocenters. The number of benzene rings is 2. The summed E-state index contributed by atoms with van der Waals surface area (Å²) in [6.07, 6.45) is 0.954. The van der Waals surface area contributed by atoms with Gasteiger partial charge in [-0.15, -0.1) is 0 Å². The summed E-state index contributed by atoms with van der Waals surface area (Å²) in [6.45, 7) is 4.70. The fourth-order valence-corrected chi connectivity index (χ4v) is 5.11. The second kappa shape index (κ2) is 8.86. The summed E-state index contributed by atoms with van der Waals surface area (Å²) in [5.74, 6) is -0.444. The van der Waals surface area contributed by atoms with Gasteiger partial charge < -0.3 is 0 Å². The zero-order valence-corrected chi connectivity index (χ0v) is 17.0. The maximum atomic E-state index is 12.9. The topological polar surface area (TPSA) is 75.7 Å². The molecule has 1 N–H and O–H groups in total. The van der Waals surface area contributed by atoms with Gasteiger partial charge in [0.15, 0.2) is 0 Å². The van der Waals surface area contributed by atoms with Gasteiger partial charge in [0.1, 0.15) is 0 Å². The first-order valence-electron chi connectivity index (χ1n) is 9.41. The highest BCUT2D eigenvalue weighted by atomic mass is 32.2. The summed E-state index contributed by atoms with van der Waals surface area (Å²) < 4.78 is 27.3. The van der Waals surface area contributed by atoms with Crippen LogP contribution in [0.4, 0.5) is 0 Å². The molecule has 2 aromatic rings. The van der Waals surface area contributed by atoms with Crippen LogP contribution in [0.1, 0.15) is 29.5 Å². The highest BCUT2D eigenvalue weighted by molar-refractivity contribution is 7.89. The van der Waals surface area contributed by atoms with Gasteiger partial charge in [-0.1, -0.05) is 48.0 Å². The Bertz CT molecular complexity index is 921. The van der Waals surface area contributed by atoms with Gasteiger partial charge in [-0.2, -0.15) is 4.31 Å². The number of nitrogens with zero attached hydrogens (tertiary/aromatic N) is 1. The van der Waals surface area contributed by atoms with Crippen molar-refractivity contribution in [3.63, 3.8) is 0 Å². The lowest BCUT2D eigenvalue weighted by molar-refractivity contribution is -0.140. The van der Waals surface area contributed by atoms with Gasteiger partial charge >= 0.3 is 0 Å². The van der Waals surface area contributed by atoms with Crippen LogP contribution < -0.4 is 5.48 Å². The van der Waals surface area contributed by atoms with Crippen molar-refractivity contribution >= 4 is 15.9 Å². The molecule has 1 fully saturated rings. The highest BCUT2D eigenvalue weighted by Gasteiger charge is 2.32. The number of sulfonamides is 1. The van der Waals surface area contributed by atoms with Gasteiger partial charge in [0.2, 0.25) is 15.9 Å². The highest BCUT2D eigenvalue weighted by Crippen LogP contribution is 2.26. The van der Waals surface area contributed by atoms with Crippen LogP contribution in [0, 0.1) is 19.8 Å². The molecule has 28 heavy (non-hydrogen) atoms. The largest absolute Gasteiger partial charge is 0.272 e. The van der Waals surface area contributed by atoms with E-state index in [1.807, 2.05) is 56.3 Å². The van der Waals surface area contributed by atoms with Gasteiger partial charge in [0.25, 0.3) is 0 Å². The fraction of sp³-hybridized carbons (Fsp3) is 0.381. The van der Waals surface area contributed by atoms with Crippen LogP contribution in [-0.2, 0) is 26.3 Å². The minimum absolute atomic E-state index is 0.195. The van der Waals surface area contributed by atoms with Gasteiger partial charge in [-0.05, 0) is 43.9 Å². The molecule has 0 bridgehead atoms. The zero-order valence-electron chi connectivity index (χ0n) is 16.2. The second-order valence-electron chi connectivity index (χ2n) is 7.19. The van der Waals surface area contributed by atoms with Crippen LogP contribution in [0.5, 0.6) is 0 Å². The van der Waals surface area contributed by atoms with Crippen molar-refractivity contribution in [3.05, 3.63) is 65.2 Å². The Kier molecular flexibility index (Phi) is 6.49. The Balaban J connectivity index is 1.52. The maximum absolute atomic E-state index is 12.9. The molecule has 6 nitrogen and oxygen atoms in total. The maximum Gasteiger partial charge on any atom is 0.246 e. The number of piperidine rings is 1. The third kappa shape index (κ3) is 4.79. The van der Waals surface area contributed by atoms with Crippen LogP contribution in [0.15, 0.2) is 53.4 Å². The van der Waals surface area contributed by atoms with Crippen molar-refractivity contribution in [3.8, 4) is 0 Å². The molecule has 1 aliphatic rings. The summed E-state index contributed by atoms with van der Waals surface area (Å²) in [4.78, 5) is 17.9. The van der Waals surface area contributed by atoms with Crippen molar-refractivity contribution in [1.29, 1.82) is 0 Å². The quantitative estimate of drug-likeness (QED) is 0.754. The summed E-state index contributed by atoms with van der Waals surface area (Å²) in [5.41, 5.74) is 5.24. The number of hydrogen-bond acceptors (Lipinski definition) is 4. The third-order valence-electron chi connectivity index (χ3n) is 5.03. The first-order chi connectivity index (χ1) is 13.4. The number of carbonyl (C=O) groups is 1. The van der Waals surface area contributed by atoms with E-state index in [1.54, 1.807) is 6.07 Å². The molecule has 1 aliphatic heterocycles. The Morgan fingerprint density at radius 2 is 1.79 bits per heavy atom.